The van der Waals surface area contributed by atoms with E-state index in [1.165, 1.54) is 19.3 Å². The second-order valence-corrected chi connectivity index (χ2v) is 8.31. The molecule has 5 heteroatoms. The molecule has 1 aromatic rings. The average Bonchev–Trinajstić information content (AvgIpc) is 2.59. The maximum atomic E-state index is 12.9. The molecule has 2 N–H and O–H groups in total. The molecule has 25 heavy (non-hydrogen) atoms. The van der Waals surface area contributed by atoms with Crippen molar-refractivity contribution in [1.29, 1.82) is 0 Å². The third-order valence-corrected chi connectivity index (χ3v) is 6.37. The largest absolute Gasteiger partial charge is 0.346 e. The number of hydrogen-bond acceptors (Lipinski definition) is 3. The molecule has 4 bridgehead atoms. The Morgan fingerprint density at radius 3 is 2.16 bits per heavy atom. The number of benzene rings is 1. The molecule has 1 aromatic carbocycles. The highest BCUT2D eigenvalue weighted by molar-refractivity contribution is 5.88. The summed E-state index contributed by atoms with van der Waals surface area (Å²) in [7, 11) is 1.80. The van der Waals surface area contributed by atoms with Gasteiger partial charge in [0.1, 0.15) is 0 Å². The topological polar surface area (TPSA) is 61.4 Å². The van der Waals surface area contributed by atoms with Gasteiger partial charge in [-0.1, -0.05) is 18.2 Å². The van der Waals surface area contributed by atoms with Gasteiger partial charge in [-0.3, -0.25) is 20.0 Å². The van der Waals surface area contributed by atoms with Crippen LogP contribution in [0.3, 0.4) is 0 Å². The Labute approximate surface area is 149 Å². The van der Waals surface area contributed by atoms with Crippen LogP contribution in [-0.2, 0) is 9.59 Å². The molecule has 5 rings (SSSR count). The van der Waals surface area contributed by atoms with Gasteiger partial charge >= 0.3 is 0 Å². The number of amides is 2. The van der Waals surface area contributed by atoms with E-state index < -0.39 is 0 Å². The Morgan fingerprint density at radius 1 is 1.04 bits per heavy atom. The SMILES string of the molecule is CN(NC(=O)CNC(=O)C12CC3CC(CC(C3)C1)C2)c1ccccc1. The fraction of sp³-hybridized carbons (Fsp3) is 0.600. The van der Waals surface area contributed by atoms with Crippen molar-refractivity contribution in [3.05, 3.63) is 30.3 Å². The molecule has 0 aromatic heterocycles. The Kier molecular flexibility index (Phi) is 4.18. The number of nitrogens with zero attached hydrogens (tertiary/aromatic N) is 1. The van der Waals surface area contributed by atoms with Crippen molar-refractivity contribution in [2.45, 2.75) is 38.5 Å². The van der Waals surface area contributed by atoms with Crippen LogP contribution < -0.4 is 15.8 Å². The second-order valence-electron chi connectivity index (χ2n) is 8.31. The lowest BCUT2D eigenvalue weighted by molar-refractivity contribution is -0.147. The highest BCUT2D eigenvalue weighted by atomic mass is 16.2. The first-order valence-electron chi connectivity index (χ1n) is 9.41. The van der Waals surface area contributed by atoms with Crippen molar-refractivity contribution >= 4 is 17.5 Å². The number of carbonyl (C=O) groups excluding carboxylic acids is 2. The molecular weight excluding hydrogens is 314 g/mol. The fourth-order valence-electron chi connectivity index (χ4n) is 5.68. The van der Waals surface area contributed by atoms with E-state index in [9.17, 15) is 9.59 Å². The third-order valence-electron chi connectivity index (χ3n) is 6.37. The quantitative estimate of drug-likeness (QED) is 0.809. The van der Waals surface area contributed by atoms with Crippen molar-refractivity contribution in [2.24, 2.45) is 23.2 Å². The van der Waals surface area contributed by atoms with Gasteiger partial charge in [-0.15, -0.1) is 0 Å². The molecule has 0 heterocycles. The molecule has 4 aliphatic carbocycles. The predicted molar refractivity (Wildman–Crippen MR) is 96.6 cm³/mol. The highest BCUT2D eigenvalue weighted by Gasteiger charge is 2.54. The first kappa shape index (κ1) is 16.4. The van der Waals surface area contributed by atoms with E-state index >= 15 is 0 Å². The van der Waals surface area contributed by atoms with Gasteiger partial charge in [-0.2, -0.15) is 0 Å². The molecule has 4 saturated carbocycles. The molecule has 0 atom stereocenters. The normalized spacial score (nSPS) is 32.3. The van der Waals surface area contributed by atoms with Crippen LogP contribution in [0.5, 0.6) is 0 Å². The number of hydrazine groups is 1. The zero-order valence-electron chi connectivity index (χ0n) is 14.8. The van der Waals surface area contributed by atoms with Gasteiger partial charge in [0, 0.05) is 12.5 Å². The predicted octanol–water partition coefficient (Wildman–Crippen LogP) is 2.49. The molecule has 0 saturated heterocycles. The first-order valence-corrected chi connectivity index (χ1v) is 9.41. The summed E-state index contributed by atoms with van der Waals surface area (Å²) in [5, 5.41) is 4.60. The van der Waals surface area contributed by atoms with Crippen molar-refractivity contribution in [1.82, 2.24) is 10.7 Å². The Balaban J connectivity index is 1.31. The number of para-hydroxylation sites is 1. The van der Waals surface area contributed by atoms with Crippen molar-refractivity contribution < 1.29 is 9.59 Å². The van der Waals surface area contributed by atoms with Crippen LogP contribution in [0.25, 0.3) is 0 Å². The van der Waals surface area contributed by atoms with E-state index in [2.05, 4.69) is 10.7 Å². The molecule has 0 unspecified atom stereocenters. The average molecular weight is 341 g/mol. The zero-order chi connectivity index (χ0) is 17.4. The van der Waals surface area contributed by atoms with Crippen LogP contribution in [-0.4, -0.2) is 25.4 Å². The van der Waals surface area contributed by atoms with E-state index in [4.69, 9.17) is 0 Å². The molecule has 5 nitrogen and oxygen atoms in total. The molecule has 4 aliphatic rings. The summed E-state index contributed by atoms with van der Waals surface area (Å²) in [4.78, 5) is 25.0. The van der Waals surface area contributed by atoms with Crippen LogP contribution >= 0.6 is 0 Å². The molecule has 134 valence electrons. The molecule has 2 amide bonds. The Bertz CT molecular complexity index is 623. The Hall–Kier alpha value is -2.04. The minimum absolute atomic E-state index is 0.0394. The van der Waals surface area contributed by atoms with Crippen molar-refractivity contribution in [3.8, 4) is 0 Å². The van der Waals surface area contributed by atoms with Gasteiger partial charge in [0.2, 0.25) is 5.91 Å². The van der Waals surface area contributed by atoms with Crippen LogP contribution in [0.2, 0.25) is 0 Å². The minimum atomic E-state index is -0.194. The number of nitrogens with one attached hydrogen (secondary N) is 2. The van der Waals surface area contributed by atoms with E-state index in [1.807, 2.05) is 30.3 Å². The fourth-order valence-corrected chi connectivity index (χ4v) is 5.68. The monoisotopic (exact) mass is 341 g/mol. The number of rotatable bonds is 5. The molecule has 0 aliphatic heterocycles. The van der Waals surface area contributed by atoms with Crippen LogP contribution in [0.1, 0.15) is 38.5 Å². The van der Waals surface area contributed by atoms with Gasteiger partial charge in [-0.05, 0) is 68.4 Å². The summed E-state index contributed by atoms with van der Waals surface area (Å²) in [6, 6.07) is 9.63. The summed E-state index contributed by atoms with van der Waals surface area (Å²) in [5.41, 5.74) is 3.52. The standard InChI is InChI=1S/C20H27N3O2/c1-23(17-5-3-2-4-6-17)22-18(24)13-21-19(25)20-10-14-7-15(11-20)9-16(8-14)12-20/h2-6,14-16H,7-13H2,1H3,(H,21,25)(H,22,24). The van der Waals surface area contributed by atoms with E-state index in [0.29, 0.717) is 0 Å². The maximum Gasteiger partial charge on any atom is 0.257 e. The van der Waals surface area contributed by atoms with E-state index in [-0.39, 0.29) is 23.8 Å². The maximum absolute atomic E-state index is 12.9. The lowest BCUT2D eigenvalue weighted by atomic mass is 9.49. The third kappa shape index (κ3) is 3.24. The highest BCUT2D eigenvalue weighted by Crippen LogP contribution is 2.60. The first-order chi connectivity index (χ1) is 12.0. The van der Waals surface area contributed by atoms with Crippen LogP contribution in [0, 0.1) is 23.2 Å². The lowest BCUT2D eigenvalue weighted by Gasteiger charge is -2.55. The lowest BCUT2D eigenvalue weighted by Crippen LogP contribution is -2.55. The van der Waals surface area contributed by atoms with Crippen LogP contribution in [0.4, 0.5) is 5.69 Å². The molecule has 0 radical (unpaired) electrons. The summed E-state index contributed by atoms with van der Waals surface area (Å²) in [6.45, 7) is 0.0394. The number of hydrogen-bond donors (Lipinski definition) is 2. The summed E-state index contributed by atoms with van der Waals surface area (Å²) < 4.78 is 0. The zero-order valence-corrected chi connectivity index (χ0v) is 14.8. The van der Waals surface area contributed by atoms with E-state index in [1.54, 1.807) is 12.1 Å². The minimum Gasteiger partial charge on any atom is -0.346 e. The van der Waals surface area contributed by atoms with Gasteiger partial charge in [0.25, 0.3) is 5.91 Å². The molecule has 0 spiro atoms. The molecular formula is C20H27N3O2. The summed E-state index contributed by atoms with van der Waals surface area (Å²) in [5.74, 6) is 2.11. The van der Waals surface area contributed by atoms with E-state index in [0.717, 1.165) is 42.7 Å². The Morgan fingerprint density at radius 2 is 1.60 bits per heavy atom. The van der Waals surface area contributed by atoms with Gasteiger partial charge in [-0.25, -0.2) is 0 Å². The van der Waals surface area contributed by atoms with Crippen LogP contribution in [0.15, 0.2) is 30.3 Å². The van der Waals surface area contributed by atoms with Gasteiger partial charge in [0.05, 0.1) is 12.2 Å². The smallest absolute Gasteiger partial charge is 0.257 e. The number of carbonyl (C=O) groups is 2. The van der Waals surface area contributed by atoms with Gasteiger partial charge < -0.3 is 5.32 Å². The number of anilines is 1. The van der Waals surface area contributed by atoms with Crippen molar-refractivity contribution in [3.63, 3.8) is 0 Å². The van der Waals surface area contributed by atoms with Gasteiger partial charge in [0.15, 0.2) is 0 Å². The summed E-state index contributed by atoms with van der Waals surface area (Å²) in [6.07, 6.45) is 7.02. The summed E-state index contributed by atoms with van der Waals surface area (Å²) >= 11 is 0. The van der Waals surface area contributed by atoms with Crippen molar-refractivity contribution in [2.75, 3.05) is 18.6 Å². The molecule has 4 fully saturated rings. The second kappa shape index (κ2) is 6.36.